The van der Waals surface area contributed by atoms with Crippen LogP contribution in [0, 0.1) is 0 Å². The number of nitrogens with one attached hydrogen (secondary N) is 1. The lowest BCUT2D eigenvalue weighted by Gasteiger charge is -2.30. The van der Waals surface area contributed by atoms with Crippen LogP contribution in [-0.4, -0.2) is 52.2 Å². The smallest absolute Gasteiger partial charge is 0.245 e. The molecule has 2 heterocycles. The third-order valence-corrected chi connectivity index (χ3v) is 8.80. The maximum Gasteiger partial charge on any atom is 0.245 e. The quantitative estimate of drug-likeness (QED) is 0.480. The van der Waals surface area contributed by atoms with E-state index >= 15 is 0 Å². The molecular formula is C22H27N5O4S2. The molecule has 1 aliphatic rings. The van der Waals surface area contributed by atoms with E-state index in [0.717, 1.165) is 32.1 Å². The van der Waals surface area contributed by atoms with Gasteiger partial charge in [-0.1, -0.05) is 43.2 Å². The number of furan rings is 1. The van der Waals surface area contributed by atoms with Crippen LogP contribution in [-0.2, 0) is 21.9 Å². The number of carbonyl (C=O) groups is 1. The van der Waals surface area contributed by atoms with Crippen molar-refractivity contribution in [2.75, 3.05) is 18.1 Å². The highest BCUT2D eigenvalue weighted by molar-refractivity contribution is 7.99. The highest BCUT2D eigenvalue weighted by atomic mass is 32.2. The van der Waals surface area contributed by atoms with Crippen LogP contribution in [0.3, 0.4) is 0 Å². The van der Waals surface area contributed by atoms with E-state index in [-0.39, 0.29) is 28.3 Å². The molecule has 33 heavy (non-hydrogen) atoms. The summed E-state index contributed by atoms with van der Waals surface area (Å²) in [5, 5.41) is 11.5. The summed E-state index contributed by atoms with van der Waals surface area (Å²) >= 11 is 1.21. The van der Waals surface area contributed by atoms with Crippen LogP contribution in [0.1, 0.15) is 32.1 Å². The predicted octanol–water partition coefficient (Wildman–Crippen LogP) is 3.76. The Kier molecular flexibility index (Phi) is 7.20. The molecular weight excluding hydrogens is 462 g/mol. The average Bonchev–Trinajstić information content (AvgIpc) is 3.48. The molecule has 9 nitrogen and oxygen atoms in total. The zero-order chi connectivity index (χ0) is 23.4. The van der Waals surface area contributed by atoms with Crippen molar-refractivity contribution in [2.24, 2.45) is 7.05 Å². The highest BCUT2D eigenvalue weighted by Gasteiger charge is 2.31. The van der Waals surface area contributed by atoms with E-state index in [9.17, 15) is 13.2 Å². The van der Waals surface area contributed by atoms with Crippen molar-refractivity contribution >= 4 is 33.4 Å². The lowest BCUT2D eigenvalue weighted by atomic mass is 9.96. The molecule has 176 valence electrons. The van der Waals surface area contributed by atoms with Crippen LogP contribution in [0.5, 0.6) is 0 Å². The van der Waals surface area contributed by atoms with Crippen molar-refractivity contribution in [3.63, 3.8) is 0 Å². The van der Waals surface area contributed by atoms with Crippen LogP contribution >= 0.6 is 11.8 Å². The summed E-state index contributed by atoms with van der Waals surface area (Å²) in [4.78, 5) is 12.8. The second-order valence-electron chi connectivity index (χ2n) is 7.99. The molecule has 1 aliphatic carbocycles. The first-order chi connectivity index (χ1) is 15.9. The van der Waals surface area contributed by atoms with E-state index in [2.05, 4.69) is 15.5 Å². The van der Waals surface area contributed by atoms with Crippen molar-refractivity contribution in [1.29, 1.82) is 0 Å². The van der Waals surface area contributed by atoms with Crippen molar-refractivity contribution < 1.29 is 17.6 Å². The van der Waals surface area contributed by atoms with E-state index in [1.165, 1.54) is 22.1 Å². The third kappa shape index (κ3) is 5.15. The van der Waals surface area contributed by atoms with Gasteiger partial charge < -0.3 is 14.3 Å². The summed E-state index contributed by atoms with van der Waals surface area (Å²) < 4.78 is 35.2. The third-order valence-electron chi connectivity index (χ3n) is 5.82. The van der Waals surface area contributed by atoms with Crippen LogP contribution in [0.25, 0.3) is 11.6 Å². The number of sulfonamides is 1. The van der Waals surface area contributed by atoms with Gasteiger partial charge in [0.2, 0.25) is 15.9 Å². The van der Waals surface area contributed by atoms with Gasteiger partial charge in [-0.15, -0.1) is 10.2 Å². The predicted molar refractivity (Wildman–Crippen MR) is 126 cm³/mol. The number of nitrogens with zero attached hydrogens (tertiary/aromatic N) is 4. The molecule has 4 rings (SSSR count). The van der Waals surface area contributed by atoms with E-state index in [1.807, 2.05) is 0 Å². The minimum atomic E-state index is -3.74. The van der Waals surface area contributed by atoms with Crippen molar-refractivity contribution in [3.05, 3.63) is 42.7 Å². The van der Waals surface area contributed by atoms with Gasteiger partial charge in [0.25, 0.3) is 0 Å². The Bertz CT molecular complexity index is 1200. The second kappa shape index (κ2) is 10.1. The molecule has 1 N–H and O–H groups in total. The summed E-state index contributed by atoms with van der Waals surface area (Å²) in [6, 6.07) is 10.1. The zero-order valence-corrected chi connectivity index (χ0v) is 20.2. The van der Waals surface area contributed by atoms with Gasteiger partial charge in [0.15, 0.2) is 16.7 Å². The molecule has 0 aliphatic heterocycles. The fraction of sp³-hybridized carbons (Fsp3) is 0.409. The number of thioether (sulfide) groups is 1. The Balaban J connectivity index is 1.44. The highest BCUT2D eigenvalue weighted by Crippen LogP contribution is 2.30. The Morgan fingerprint density at radius 2 is 1.94 bits per heavy atom. The molecule has 11 heteroatoms. The minimum absolute atomic E-state index is 0.0117. The molecule has 2 aromatic heterocycles. The van der Waals surface area contributed by atoms with Gasteiger partial charge in [-0.2, -0.15) is 4.31 Å². The first kappa shape index (κ1) is 23.5. The van der Waals surface area contributed by atoms with Crippen LogP contribution in [0.2, 0.25) is 0 Å². The fourth-order valence-electron chi connectivity index (χ4n) is 3.97. The SMILES string of the molecule is CN(C1CCCCC1)S(=O)(=O)c1ccccc1NC(=O)CSc1nnc(-c2ccco2)n1C. The Morgan fingerprint density at radius 3 is 2.67 bits per heavy atom. The van der Waals surface area contributed by atoms with E-state index in [0.29, 0.717) is 16.7 Å². The molecule has 0 spiro atoms. The molecule has 1 saturated carbocycles. The molecule has 0 bridgehead atoms. The number of rotatable bonds is 8. The summed E-state index contributed by atoms with van der Waals surface area (Å²) in [7, 11) is -0.313. The van der Waals surface area contributed by atoms with Gasteiger partial charge in [0.05, 0.1) is 17.7 Å². The van der Waals surface area contributed by atoms with Crippen LogP contribution in [0.4, 0.5) is 5.69 Å². The number of amides is 1. The monoisotopic (exact) mass is 489 g/mol. The van der Waals surface area contributed by atoms with E-state index < -0.39 is 10.0 Å². The Morgan fingerprint density at radius 1 is 1.18 bits per heavy atom. The molecule has 0 atom stereocenters. The van der Waals surface area contributed by atoms with Gasteiger partial charge in [-0.25, -0.2) is 8.42 Å². The lowest BCUT2D eigenvalue weighted by molar-refractivity contribution is -0.113. The molecule has 1 aromatic carbocycles. The Hall–Kier alpha value is -2.63. The normalized spacial score (nSPS) is 15.1. The average molecular weight is 490 g/mol. The molecule has 1 amide bonds. The van der Waals surface area contributed by atoms with E-state index in [1.54, 1.807) is 55.3 Å². The fourth-order valence-corrected chi connectivity index (χ4v) is 6.24. The number of benzene rings is 1. The van der Waals surface area contributed by atoms with Gasteiger partial charge in [-0.05, 0) is 37.1 Å². The first-order valence-electron chi connectivity index (χ1n) is 10.8. The van der Waals surface area contributed by atoms with Crippen molar-refractivity contribution in [2.45, 2.75) is 48.2 Å². The van der Waals surface area contributed by atoms with Crippen LogP contribution in [0.15, 0.2) is 57.1 Å². The second-order valence-corrected chi connectivity index (χ2v) is 10.9. The largest absolute Gasteiger partial charge is 0.461 e. The van der Waals surface area contributed by atoms with Gasteiger partial charge in [0, 0.05) is 20.1 Å². The zero-order valence-electron chi connectivity index (χ0n) is 18.6. The van der Waals surface area contributed by atoms with Crippen LogP contribution < -0.4 is 5.32 Å². The number of para-hydroxylation sites is 1. The first-order valence-corrected chi connectivity index (χ1v) is 13.2. The minimum Gasteiger partial charge on any atom is -0.461 e. The van der Waals surface area contributed by atoms with Gasteiger partial charge >= 0.3 is 0 Å². The van der Waals surface area contributed by atoms with E-state index in [4.69, 9.17) is 4.42 Å². The van der Waals surface area contributed by atoms with Crippen molar-refractivity contribution in [3.8, 4) is 11.6 Å². The number of hydrogen-bond donors (Lipinski definition) is 1. The molecule has 0 unspecified atom stereocenters. The summed E-state index contributed by atoms with van der Waals surface area (Å²) in [5.74, 6) is 0.870. The Labute approximate surface area is 197 Å². The standard InChI is InChI=1S/C22H27N5O4S2/c1-26-21(18-12-8-14-31-18)24-25-22(26)32-15-20(28)23-17-11-6-7-13-19(17)33(29,30)27(2)16-9-4-3-5-10-16/h6-8,11-14,16H,3-5,9-10,15H2,1-2H3,(H,23,28). The summed E-state index contributed by atoms with van der Waals surface area (Å²) in [6.45, 7) is 0. The number of hydrogen-bond acceptors (Lipinski definition) is 7. The summed E-state index contributed by atoms with van der Waals surface area (Å²) in [6.07, 6.45) is 6.48. The molecule has 3 aromatic rings. The molecule has 0 saturated heterocycles. The van der Waals surface area contributed by atoms with Gasteiger partial charge in [0.1, 0.15) is 4.90 Å². The number of anilines is 1. The molecule has 1 fully saturated rings. The lowest BCUT2D eigenvalue weighted by Crippen LogP contribution is -2.38. The van der Waals surface area contributed by atoms with Crippen molar-refractivity contribution in [1.82, 2.24) is 19.1 Å². The number of carbonyl (C=O) groups excluding carboxylic acids is 1. The topological polar surface area (TPSA) is 110 Å². The number of aromatic nitrogens is 3. The molecule has 0 radical (unpaired) electrons. The van der Waals surface area contributed by atoms with Gasteiger partial charge in [-0.3, -0.25) is 4.79 Å². The summed E-state index contributed by atoms with van der Waals surface area (Å²) in [5.41, 5.74) is 0.278. The maximum atomic E-state index is 13.3. The maximum absolute atomic E-state index is 13.3.